The number of carboxylic acids is 1. The fourth-order valence-electron chi connectivity index (χ4n) is 4.54. The van der Waals surface area contributed by atoms with E-state index in [9.17, 15) is 14.4 Å². The number of alkyl carbamates (subject to hydrolysis) is 1. The zero-order valence-electron chi connectivity index (χ0n) is 18.0. The quantitative estimate of drug-likeness (QED) is 0.587. The summed E-state index contributed by atoms with van der Waals surface area (Å²) < 4.78 is 5.54. The first-order valence-electron chi connectivity index (χ1n) is 11.1. The molecule has 7 heteroatoms. The minimum absolute atomic E-state index is 0.0321. The number of carbonyl (C=O) groups excluding carboxylic acids is 2. The van der Waals surface area contributed by atoms with Gasteiger partial charge in [-0.3, -0.25) is 9.59 Å². The van der Waals surface area contributed by atoms with Crippen molar-refractivity contribution in [2.75, 3.05) is 13.2 Å². The van der Waals surface area contributed by atoms with Crippen molar-refractivity contribution in [2.45, 2.75) is 38.1 Å². The van der Waals surface area contributed by atoms with Crippen LogP contribution in [0.2, 0.25) is 0 Å². The number of hydrogen-bond donors (Lipinski definition) is 3. The highest BCUT2D eigenvalue weighted by Gasteiger charge is 2.34. The van der Waals surface area contributed by atoms with Gasteiger partial charge in [-0.1, -0.05) is 55.0 Å². The van der Waals surface area contributed by atoms with Crippen LogP contribution in [-0.4, -0.2) is 42.3 Å². The molecular formula is C25H28N2O5. The number of ether oxygens (including phenoxy) is 1. The topological polar surface area (TPSA) is 105 Å². The van der Waals surface area contributed by atoms with Gasteiger partial charge in [0.15, 0.2) is 0 Å². The molecule has 32 heavy (non-hydrogen) atoms. The van der Waals surface area contributed by atoms with E-state index < -0.39 is 24.0 Å². The van der Waals surface area contributed by atoms with E-state index in [-0.39, 0.29) is 30.9 Å². The lowest BCUT2D eigenvalue weighted by atomic mass is 9.75. The van der Waals surface area contributed by atoms with Crippen molar-refractivity contribution >= 4 is 18.0 Å². The maximum atomic E-state index is 12.6. The van der Waals surface area contributed by atoms with Gasteiger partial charge < -0.3 is 20.5 Å². The zero-order valence-corrected chi connectivity index (χ0v) is 18.0. The van der Waals surface area contributed by atoms with Crippen LogP contribution in [0.25, 0.3) is 11.1 Å². The SMILES string of the molecule is C[C@@H](NC(=O)C(CNC(=O)OCC1c2ccccc2-c2ccccc21)C1CCC1)C(=O)O. The number of hydrogen-bond acceptors (Lipinski definition) is 4. The summed E-state index contributed by atoms with van der Waals surface area (Å²) in [6, 6.07) is 15.3. The van der Waals surface area contributed by atoms with Crippen molar-refractivity contribution in [3.63, 3.8) is 0 Å². The van der Waals surface area contributed by atoms with Crippen molar-refractivity contribution in [1.29, 1.82) is 0 Å². The maximum Gasteiger partial charge on any atom is 0.407 e. The van der Waals surface area contributed by atoms with Gasteiger partial charge in [-0.15, -0.1) is 0 Å². The Hall–Kier alpha value is -3.35. The van der Waals surface area contributed by atoms with Crippen molar-refractivity contribution < 1.29 is 24.2 Å². The fraction of sp³-hybridized carbons (Fsp3) is 0.400. The summed E-state index contributed by atoms with van der Waals surface area (Å²) in [5, 5.41) is 14.3. The normalized spacial score (nSPS) is 16.8. The van der Waals surface area contributed by atoms with E-state index in [0.29, 0.717) is 0 Å². The third kappa shape index (κ3) is 4.47. The van der Waals surface area contributed by atoms with Crippen LogP contribution in [0, 0.1) is 11.8 Å². The fourth-order valence-corrected chi connectivity index (χ4v) is 4.54. The first-order chi connectivity index (χ1) is 15.5. The molecule has 1 unspecified atom stereocenters. The molecule has 0 heterocycles. The zero-order chi connectivity index (χ0) is 22.7. The monoisotopic (exact) mass is 436 g/mol. The van der Waals surface area contributed by atoms with Gasteiger partial charge in [-0.2, -0.15) is 0 Å². The van der Waals surface area contributed by atoms with Gasteiger partial charge in [0.25, 0.3) is 0 Å². The molecule has 4 rings (SSSR count). The highest BCUT2D eigenvalue weighted by molar-refractivity contribution is 5.85. The van der Waals surface area contributed by atoms with E-state index in [0.717, 1.165) is 41.5 Å². The molecule has 2 aromatic rings. The Labute approximate surface area is 187 Å². The number of carbonyl (C=O) groups is 3. The first kappa shape index (κ1) is 21.9. The first-order valence-corrected chi connectivity index (χ1v) is 11.1. The molecule has 0 saturated heterocycles. The third-order valence-electron chi connectivity index (χ3n) is 6.59. The van der Waals surface area contributed by atoms with Crippen molar-refractivity contribution in [3.05, 3.63) is 59.7 Å². The molecule has 168 valence electrons. The van der Waals surface area contributed by atoms with E-state index in [1.54, 1.807) is 0 Å². The van der Waals surface area contributed by atoms with Crippen LogP contribution in [-0.2, 0) is 14.3 Å². The summed E-state index contributed by atoms with van der Waals surface area (Å²) in [6.45, 7) is 1.76. The van der Waals surface area contributed by atoms with Gasteiger partial charge in [-0.25, -0.2) is 4.79 Å². The van der Waals surface area contributed by atoms with Crippen LogP contribution in [0.15, 0.2) is 48.5 Å². The number of carboxylic acid groups (broad SMARTS) is 1. The van der Waals surface area contributed by atoms with E-state index >= 15 is 0 Å². The summed E-state index contributed by atoms with van der Waals surface area (Å²) in [5.41, 5.74) is 4.59. The molecular weight excluding hydrogens is 408 g/mol. The molecule has 1 saturated carbocycles. The molecule has 3 N–H and O–H groups in total. The second-order valence-electron chi connectivity index (χ2n) is 8.57. The highest BCUT2D eigenvalue weighted by Crippen LogP contribution is 2.44. The molecule has 0 aromatic heterocycles. The maximum absolute atomic E-state index is 12.6. The lowest BCUT2D eigenvalue weighted by Gasteiger charge is -2.33. The number of amides is 2. The minimum atomic E-state index is -1.09. The van der Waals surface area contributed by atoms with Gasteiger partial charge in [0, 0.05) is 12.5 Å². The lowest BCUT2D eigenvalue weighted by Crippen LogP contribution is -2.48. The standard InChI is InChI=1S/C25H28N2O5/c1-15(24(29)30)27-23(28)21(16-7-6-8-16)13-26-25(31)32-14-22-19-11-4-2-9-17(19)18-10-3-5-12-20(18)22/h2-5,9-12,15-16,21-22H,6-8,13-14H2,1H3,(H,26,31)(H,27,28)(H,29,30)/t15-,21?/m1/s1. The average Bonchev–Trinajstić information content (AvgIpc) is 3.07. The molecule has 0 aliphatic heterocycles. The number of rotatable bonds is 8. The Bertz CT molecular complexity index is 971. The number of benzene rings is 2. The molecule has 0 radical (unpaired) electrons. The molecule has 0 bridgehead atoms. The second-order valence-corrected chi connectivity index (χ2v) is 8.57. The average molecular weight is 437 g/mol. The Morgan fingerprint density at radius 3 is 2.16 bits per heavy atom. The number of fused-ring (bicyclic) bond motifs is 3. The highest BCUT2D eigenvalue weighted by atomic mass is 16.5. The predicted octanol–water partition coefficient (Wildman–Crippen LogP) is 3.53. The van der Waals surface area contributed by atoms with Crippen molar-refractivity contribution in [1.82, 2.24) is 10.6 Å². The van der Waals surface area contributed by atoms with Crippen LogP contribution < -0.4 is 10.6 Å². The van der Waals surface area contributed by atoms with Crippen LogP contribution in [0.1, 0.15) is 43.2 Å². The smallest absolute Gasteiger partial charge is 0.407 e. The van der Waals surface area contributed by atoms with Gasteiger partial charge in [0.2, 0.25) is 5.91 Å². The van der Waals surface area contributed by atoms with E-state index in [2.05, 4.69) is 34.9 Å². The van der Waals surface area contributed by atoms with Crippen LogP contribution in [0.3, 0.4) is 0 Å². The number of nitrogens with one attached hydrogen (secondary N) is 2. The Morgan fingerprint density at radius 2 is 1.62 bits per heavy atom. The Morgan fingerprint density at radius 1 is 1.03 bits per heavy atom. The second kappa shape index (κ2) is 9.42. The molecule has 0 spiro atoms. The van der Waals surface area contributed by atoms with Crippen LogP contribution >= 0.6 is 0 Å². The van der Waals surface area contributed by atoms with Gasteiger partial charge in [0.05, 0.1) is 5.92 Å². The summed E-state index contributed by atoms with van der Waals surface area (Å²) in [7, 11) is 0. The molecule has 2 aliphatic rings. The molecule has 2 aromatic carbocycles. The molecule has 2 atom stereocenters. The number of aliphatic carboxylic acids is 1. The van der Waals surface area contributed by atoms with E-state index in [4.69, 9.17) is 9.84 Å². The third-order valence-corrected chi connectivity index (χ3v) is 6.59. The minimum Gasteiger partial charge on any atom is -0.480 e. The summed E-state index contributed by atoms with van der Waals surface area (Å²) in [4.78, 5) is 36.1. The largest absolute Gasteiger partial charge is 0.480 e. The summed E-state index contributed by atoms with van der Waals surface area (Å²) in [6.07, 6.45) is 2.25. The Kier molecular flexibility index (Phi) is 6.44. The van der Waals surface area contributed by atoms with Gasteiger partial charge in [0.1, 0.15) is 12.6 Å². The molecule has 7 nitrogen and oxygen atoms in total. The molecule has 2 amide bonds. The van der Waals surface area contributed by atoms with Crippen molar-refractivity contribution in [2.24, 2.45) is 11.8 Å². The van der Waals surface area contributed by atoms with E-state index in [1.165, 1.54) is 6.92 Å². The van der Waals surface area contributed by atoms with Crippen LogP contribution in [0.5, 0.6) is 0 Å². The van der Waals surface area contributed by atoms with Gasteiger partial charge in [-0.05, 0) is 47.9 Å². The summed E-state index contributed by atoms with van der Waals surface area (Å²) >= 11 is 0. The van der Waals surface area contributed by atoms with Crippen LogP contribution in [0.4, 0.5) is 4.79 Å². The molecule has 2 aliphatic carbocycles. The predicted molar refractivity (Wildman–Crippen MR) is 119 cm³/mol. The Balaban J connectivity index is 1.35. The van der Waals surface area contributed by atoms with Gasteiger partial charge >= 0.3 is 12.1 Å². The van der Waals surface area contributed by atoms with Crippen molar-refractivity contribution in [3.8, 4) is 11.1 Å². The lowest BCUT2D eigenvalue weighted by molar-refractivity contribution is -0.142. The van der Waals surface area contributed by atoms with E-state index in [1.807, 2.05) is 24.3 Å². The molecule has 1 fully saturated rings. The summed E-state index contributed by atoms with van der Waals surface area (Å²) in [5.74, 6) is -1.79.